The first-order valence-electron chi connectivity index (χ1n) is 6.60. The second-order valence-corrected chi connectivity index (χ2v) is 4.70. The third-order valence-corrected chi connectivity index (χ3v) is 3.46. The number of oxazole rings is 1. The molecule has 4 nitrogen and oxygen atoms in total. The van der Waals surface area contributed by atoms with E-state index in [0.29, 0.717) is 6.01 Å². The topological polar surface area (TPSA) is 47.3 Å². The lowest BCUT2D eigenvalue weighted by molar-refractivity contribution is 0.0937. The molecule has 0 saturated carbocycles. The number of ether oxygens (including phenoxy) is 1. The summed E-state index contributed by atoms with van der Waals surface area (Å²) in [5.41, 5.74) is 1.71. The lowest BCUT2D eigenvalue weighted by atomic mass is 10.1. The van der Waals surface area contributed by atoms with E-state index in [0.717, 1.165) is 37.0 Å². The molecule has 1 fully saturated rings. The van der Waals surface area contributed by atoms with Crippen LogP contribution in [0.4, 0.5) is 6.01 Å². The van der Waals surface area contributed by atoms with Gasteiger partial charge in [0.15, 0.2) is 5.58 Å². The van der Waals surface area contributed by atoms with Crippen molar-refractivity contribution in [3.63, 3.8) is 0 Å². The predicted molar refractivity (Wildman–Crippen MR) is 70.7 cm³/mol. The molecular formula is C14H18N2O2. The standard InChI is InChI=1S/C14H18N2O2/c1-2-10(12-8-5-9-17-12)15-14-16-11-6-3-4-7-13(11)18-14/h3-4,6-7,10,12H,2,5,8-9H2,1H3,(H,15,16). The van der Waals surface area contributed by atoms with Crippen LogP contribution in [0.15, 0.2) is 28.7 Å². The molecule has 2 heterocycles. The van der Waals surface area contributed by atoms with Gasteiger partial charge in [0.2, 0.25) is 0 Å². The Bertz CT molecular complexity index is 484. The molecule has 0 bridgehead atoms. The van der Waals surface area contributed by atoms with E-state index in [2.05, 4.69) is 17.2 Å². The van der Waals surface area contributed by atoms with Crippen molar-refractivity contribution in [1.82, 2.24) is 4.98 Å². The van der Waals surface area contributed by atoms with Gasteiger partial charge in [0, 0.05) is 6.61 Å². The van der Waals surface area contributed by atoms with Gasteiger partial charge in [0.05, 0.1) is 12.1 Å². The SMILES string of the molecule is CCC(Nc1nc2ccccc2o1)C1CCCO1. The van der Waals surface area contributed by atoms with Crippen molar-refractivity contribution in [1.29, 1.82) is 0 Å². The number of anilines is 1. The van der Waals surface area contributed by atoms with Crippen molar-refractivity contribution < 1.29 is 9.15 Å². The summed E-state index contributed by atoms with van der Waals surface area (Å²) in [5, 5.41) is 3.36. The van der Waals surface area contributed by atoms with Gasteiger partial charge in [-0.25, -0.2) is 0 Å². The van der Waals surface area contributed by atoms with Crippen LogP contribution in [0.2, 0.25) is 0 Å². The quantitative estimate of drug-likeness (QED) is 0.900. The zero-order chi connectivity index (χ0) is 12.4. The van der Waals surface area contributed by atoms with Crippen LogP contribution in [0.5, 0.6) is 0 Å². The number of nitrogens with zero attached hydrogens (tertiary/aromatic N) is 1. The fourth-order valence-electron chi connectivity index (χ4n) is 2.47. The molecular weight excluding hydrogens is 228 g/mol. The van der Waals surface area contributed by atoms with Crippen molar-refractivity contribution in [3.05, 3.63) is 24.3 Å². The first-order valence-corrected chi connectivity index (χ1v) is 6.60. The molecule has 18 heavy (non-hydrogen) atoms. The maximum absolute atomic E-state index is 5.72. The Kier molecular flexibility index (Phi) is 3.19. The first-order chi connectivity index (χ1) is 8.86. The molecule has 2 unspecified atom stereocenters. The minimum Gasteiger partial charge on any atom is -0.424 e. The van der Waals surface area contributed by atoms with E-state index in [-0.39, 0.29) is 12.1 Å². The molecule has 2 aromatic rings. The molecule has 0 radical (unpaired) electrons. The predicted octanol–water partition coefficient (Wildman–Crippen LogP) is 3.20. The lowest BCUT2D eigenvalue weighted by Crippen LogP contribution is -2.32. The zero-order valence-electron chi connectivity index (χ0n) is 10.6. The fourth-order valence-corrected chi connectivity index (χ4v) is 2.47. The molecule has 2 atom stereocenters. The maximum atomic E-state index is 5.72. The second kappa shape index (κ2) is 4.98. The largest absolute Gasteiger partial charge is 0.424 e. The Morgan fingerprint density at radius 1 is 1.44 bits per heavy atom. The van der Waals surface area contributed by atoms with E-state index in [1.165, 1.54) is 0 Å². The molecule has 96 valence electrons. The Morgan fingerprint density at radius 3 is 3.06 bits per heavy atom. The van der Waals surface area contributed by atoms with Crippen LogP contribution in [0.25, 0.3) is 11.1 Å². The Labute approximate surface area is 106 Å². The van der Waals surface area contributed by atoms with Gasteiger partial charge in [-0.1, -0.05) is 19.1 Å². The molecule has 1 aromatic carbocycles. The van der Waals surface area contributed by atoms with Crippen LogP contribution in [-0.2, 0) is 4.74 Å². The smallest absolute Gasteiger partial charge is 0.295 e. The monoisotopic (exact) mass is 246 g/mol. The minimum absolute atomic E-state index is 0.278. The lowest BCUT2D eigenvalue weighted by Gasteiger charge is -2.21. The number of aromatic nitrogens is 1. The highest BCUT2D eigenvalue weighted by molar-refractivity contribution is 5.74. The van der Waals surface area contributed by atoms with Crippen molar-refractivity contribution in [2.24, 2.45) is 0 Å². The van der Waals surface area contributed by atoms with Gasteiger partial charge in [-0.15, -0.1) is 0 Å². The fraction of sp³-hybridized carbons (Fsp3) is 0.500. The summed E-state index contributed by atoms with van der Waals surface area (Å²) in [7, 11) is 0. The Balaban J connectivity index is 1.77. The van der Waals surface area contributed by atoms with Crippen molar-refractivity contribution in [3.8, 4) is 0 Å². The van der Waals surface area contributed by atoms with Gasteiger partial charge in [-0.2, -0.15) is 4.98 Å². The summed E-state index contributed by atoms with van der Waals surface area (Å²) in [4.78, 5) is 4.44. The summed E-state index contributed by atoms with van der Waals surface area (Å²) in [6.45, 7) is 3.03. The maximum Gasteiger partial charge on any atom is 0.295 e. The molecule has 3 rings (SSSR count). The highest BCUT2D eigenvalue weighted by atomic mass is 16.5. The summed E-state index contributed by atoms with van der Waals surface area (Å²) in [5.74, 6) is 0. The van der Waals surface area contributed by atoms with E-state index in [4.69, 9.17) is 9.15 Å². The Hall–Kier alpha value is -1.55. The highest BCUT2D eigenvalue weighted by Crippen LogP contribution is 2.23. The van der Waals surface area contributed by atoms with Gasteiger partial charge < -0.3 is 14.5 Å². The first kappa shape index (κ1) is 11.5. The molecule has 1 N–H and O–H groups in total. The van der Waals surface area contributed by atoms with Crippen LogP contribution in [0.3, 0.4) is 0 Å². The second-order valence-electron chi connectivity index (χ2n) is 4.70. The molecule has 0 spiro atoms. The number of hydrogen-bond acceptors (Lipinski definition) is 4. The number of hydrogen-bond donors (Lipinski definition) is 1. The third-order valence-electron chi connectivity index (χ3n) is 3.46. The van der Waals surface area contributed by atoms with Crippen molar-refractivity contribution >= 4 is 17.1 Å². The van der Waals surface area contributed by atoms with E-state index in [1.807, 2.05) is 24.3 Å². The average Bonchev–Trinajstić information content (AvgIpc) is 3.04. The van der Waals surface area contributed by atoms with Crippen LogP contribution in [-0.4, -0.2) is 23.7 Å². The van der Waals surface area contributed by atoms with Crippen LogP contribution >= 0.6 is 0 Å². The number of benzene rings is 1. The third kappa shape index (κ3) is 2.20. The van der Waals surface area contributed by atoms with Gasteiger partial charge in [-0.05, 0) is 31.4 Å². The van der Waals surface area contributed by atoms with Gasteiger partial charge in [0.25, 0.3) is 6.01 Å². The van der Waals surface area contributed by atoms with Crippen molar-refractivity contribution in [2.45, 2.75) is 38.3 Å². The summed E-state index contributed by atoms with van der Waals surface area (Å²) >= 11 is 0. The summed E-state index contributed by atoms with van der Waals surface area (Å²) < 4.78 is 11.4. The van der Waals surface area contributed by atoms with Gasteiger partial charge in [-0.3, -0.25) is 0 Å². The molecule has 1 aliphatic rings. The minimum atomic E-state index is 0.278. The van der Waals surface area contributed by atoms with Crippen LogP contribution in [0.1, 0.15) is 26.2 Å². The average molecular weight is 246 g/mol. The number of nitrogens with one attached hydrogen (secondary N) is 1. The summed E-state index contributed by atoms with van der Waals surface area (Å²) in [6.07, 6.45) is 3.55. The molecule has 1 saturated heterocycles. The van der Waals surface area contributed by atoms with Crippen LogP contribution in [0, 0.1) is 0 Å². The van der Waals surface area contributed by atoms with E-state index >= 15 is 0 Å². The molecule has 1 aliphatic heterocycles. The zero-order valence-corrected chi connectivity index (χ0v) is 10.6. The summed E-state index contributed by atoms with van der Waals surface area (Å²) in [6, 6.07) is 8.68. The molecule has 1 aromatic heterocycles. The molecule has 4 heteroatoms. The van der Waals surface area contributed by atoms with Crippen molar-refractivity contribution in [2.75, 3.05) is 11.9 Å². The van der Waals surface area contributed by atoms with E-state index in [9.17, 15) is 0 Å². The molecule has 0 amide bonds. The number of rotatable bonds is 4. The number of para-hydroxylation sites is 2. The Morgan fingerprint density at radius 2 is 2.33 bits per heavy atom. The molecule has 0 aliphatic carbocycles. The van der Waals surface area contributed by atoms with E-state index < -0.39 is 0 Å². The van der Waals surface area contributed by atoms with Gasteiger partial charge in [0.1, 0.15) is 5.52 Å². The van der Waals surface area contributed by atoms with E-state index in [1.54, 1.807) is 0 Å². The number of fused-ring (bicyclic) bond motifs is 1. The van der Waals surface area contributed by atoms with Gasteiger partial charge >= 0.3 is 0 Å². The highest BCUT2D eigenvalue weighted by Gasteiger charge is 2.25. The normalized spacial score (nSPS) is 21.3. The van der Waals surface area contributed by atoms with Crippen LogP contribution < -0.4 is 5.32 Å².